The first kappa shape index (κ1) is 25.6. The van der Waals surface area contributed by atoms with Crippen LogP contribution in [0.15, 0.2) is 102 Å². The number of nitrogens with zero attached hydrogens (tertiary/aromatic N) is 1. The molecule has 0 fully saturated rings. The molecule has 0 aliphatic heterocycles. The molecule has 0 amide bonds. The lowest BCUT2D eigenvalue weighted by molar-refractivity contribution is -0.156. The van der Waals surface area contributed by atoms with Crippen LogP contribution < -0.4 is 0 Å². The lowest BCUT2D eigenvalue weighted by Crippen LogP contribution is -2.32. The largest absolute Gasteiger partial charge is 0.466 e. The van der Waals surface area contributed by atoms with Crippen molar-refractivity contribution in [1.29, 1.82) is 0 Å². The molecule has 5 heteroatoms. The average molecular weight is 470 g/mol. The van der Waals surface area contributed by atoms with Gasteiger partial charge in [0.05, 0.1) is 12.8 Å². The number of esters is 2. The fraction of sp³-hybridized carbons (Fsp3) is 0.233. The molecule has 5 nitrogen and oxygen atoms in total. The SMILES string of the molecule is COC(=O)/C(=C\c1ccccc1)C[C@H](N=C(c1ccccc1)c1ccccc1)C(=O)OC(C)(C)C. The van der Waals surface area contributed by atoms with E-state index in [2.05, 4.69) is 0 Å². The zero-order valence-electron chi connectivity index (χ0n) is 20.6. The highest BCUT2D eigenvalue weighted by atomic mass is 16.6. The van der Waals surface area contributed by atoms with Gasteiger partial charge in [-0.3, -0.25) is 4.99 Å². The van der Waals surface area contributed by atoms with Crippen molar-refractivity contribution in [3.05, 3.63) is 113 Å². The van der Waals surface area contributed by atoms with Gasteiger partial charge in [-0.15, -0.1) is 0 Å². The van der Waals surface area contributed by atoms with Crippen LogP contribution in [0.25, 0.3) is 6.08 Å². The summed E-state index contributed by atoms with van der Waals surface area (Å²) >= 11 is 0. The molecule has 180 valence electrons. The van der Waals surface area contributed by atoms with Gasteiger partial charge in [0.15, 0.2) is 6.04 Å². The van der Waals surface area contributed by atoms with Crippen LogP contribution in [-0.2, 0) is 19.1 Å². The lowest BCUT2D eigenvalue weighted by atomic mass is 9.99. The van der Waals surface area contributed by atoms with E-state index < -0.39 is 23.6 Å². The van der Waals surface area contributed by atoms with Crippen LogP contribution in [0.4, 0.5) is 0 Å². The highest BCUT2D eigenvalue weighted by Gasteiger charge is 2.29. The summed E-state index contributed by atoms with van der Waals surface area (Å²) in [6, 6.07) is 27.8. The summed E-state index contributed by atoms with van der Waals surface area (Å²) in [5.74, 6) is -1.02. The van der Waals surface area contributed by atoms with Gasteiger partial charge < -0.3 is 9.47 Å². The van der Waals surface area contributed by atoms with E-state index >= 15 is 0 Å². The number of aliphatic imine (C=N–C) groups is 1. The Kier molecular flexibility index (Phi) is 8.74. The quantitative estimate of drug-likeness (QED) is 0.235. The fourth-order valence-corrected chi connectivity index (χ4v) is 3.51. The molecule has 0 aliphatic rings. The lowest BCUT2D eigenvalue weighted by Gasteiger charge is -2.23. The van der Waals surface area contributed by atoms with E-state index in [0.29, 0.717) is 11.3 Å². The van der Waals surface area contributed by atoms with Gasteiger partial charge in [0, 0.05) is 23.1 Å². The molecular weight excluding hydrogens is 438 g/mol. The number of benzene rings is 3. The fourth-order valence-electron chi connectivity index (χ4n) is 3.51. The zero-order chi connectivity index (χ0) is 25.3. The minimum absolute atomic E-state index is 0.0274. The molecule has 0 aromatic heterocycles. The van der Waals surface area contributed by atoms with Crippen LogP contribution in [0.2, 0.25) is 0 Å². The Bertz CT molecular complexity index is 1140. The molecule has 0 unspecified atom stereocenters. The van der Waals surface area contributed by atoms with Crippen LogP contribution in [0.1, 0.15) is 43.9 Å². The molecule has 0 spiro atoms. The predicted molar refractivity (Wildman–Crippen MR) is 139 cm³/mol. The first-order chi connectivity index (χ1) is 16.8. The Morgan fingerprint density at radius 1 is 0.829 bits per heavy atom. The van der Waals surface area contributed by atoms with Crippen molar-refractivity contribution in [2.45, 2.75) is 38.8 Å². The van der Waals surface area contributed by atoms with Gasteiger partial charge in [0.25, 0.3) is 0 Å². The third kappa shape index (κ3) is 7.78. The van der Waals surface area contributed by atoms with E-state index in [1.54, 1.807) is 6.08 Å². The van der Waals surface area contributed by atoms with Gasteiger partial charge >= 0.3 is 11.9 Å². The van der Waals surface area contributed by atoms with Crippen molar-refractivity contribution in [2.24, 2.45) is 4.99 Å². The van der Waals surface area contributed by atoms with Crippen LogP contribution in [0.3, 0.4) is 0 Å². The summed E-state index contributed by atoms with van der Waals surface area (Å²) in [5, 5.41) is 0. The molecule has 0 N–H and O–H groups in total. The topological polar surface area (TPSA) is 65.0 Å². The normalized spacial score (nSPS) is 12.4. The zero-order valence-corrected chi connectivity index (χ0v) is 20.6. The Hall–Kier alpha value is -3.99. The second-order valence-electron chi connectivity index (χ2n) is 9.03. The van der Waals surface area contributed by atoms with Crippen LogP contribution >= 0.6 is 0 Å². The Labute approximate surface area is 207 Å². The van der Waals surface area contributed by atoms with Crippen molar-refractivity contribution in [2.75, 3.05) is 7.11 Å². The maximum Gasteiger partial charge on any atom is 0.333 e. The molecule has 35 heavy (non-hydrogen) atoms. The molecule has 0 radical (unpaired) electrons. The minimum atomic E-state index is -0.960. The summed E-state index contributed by atoms with van der Waals surface area (Å²) in [6.07, 6.45) is 1.75. The van der Waals surface area contributed by atoms with Gasteiger partial charge in [-0.1, -0.05) is 91.0 Å². The van der Waals surface area contributed by atoms with Crippen molar-refractivity contribution in [1.82, 2.24) is 0 Å². The van der Waals surface area contributed by atoms with Gasteiger partial charge in [0.2, 0.25) is 0 Å². The number of hydrogen-bond acceptors (Lipinski definition) is 5. The third-order valence-corrected chi connectivity index (χ3v) is 5.06. The summed E-state index contributed by atoms with van der Waals surface area (Å²) in [6.45, 7) is 5.42. The van der Waals surface area contributed by atoms with Crippen LogP contribution in [-0.4, -0.2) is 36.4 Å². The van der Waals surface area contributed by atoms with Gasteiger partial charge in [-0.25, -0.2) is 9.59 Å². The van der Waals surface area contributed by atoms with Crippen LogP contribution in [0.5, 0.6) is 0 Å². The second kappa shape index (κ2) is 11.9. The summed E-state index contributed by atoms with van der Waals surface area (Å²) < 4.78 is 10.7. The molecule has 0 bridgehead atoms. The third-order valence-electron chi connectivity index (χ3n) is 5.06. The first-order valence-electron chi connectivity index (χ1n) is 11.5. The smallest absolute Gasteiger partial charge is 0.333 e. The minimum Gasteiger partial charge on any atom is -0.466 e. The molecule has 3 aromatic rings. The number of hydrogen-bond donors (Lipinski definition) is 0. The second-order valence-corrected chi connectivity index (χ2v) is 9.03. The molecular formula is C30H31NO4. The van der Waals surface area contributed by atoms with Crippen molar-refractivity contribution in [3.63, 3.8) is 0 Å². The summed E-state index contributed by atoms with van der Waals surface area (Å²) in [5.41, 5.74) is 2.81. The Morgan fingerprint density at radius 2 is 1.31 bits per heavy atom. The number of carbonyl (C=O) groups is 2. The van der Waals surface area contributed by atoms with E-state index in [0.717, 1.165) is 16.7 Å². The average Bonchev–Trinajstić information content (AvgIpc) is 2.86. The van der Waals surface area contributed by atoms with Crippen molar-refractivity contribution in [3.8, 4) is 0 Å². The maximum absolute atomic E-state index is 13.3. The molecule has 0 aliphatic carbocycles. The van der Waals surface area contributed by atoms with E-state index in [1.165, 1.54) is 7.11 Å². The Balaban J connectivity index is 2.12. The van der Waals surface area contributed by atoms with Crippen molar-refractivity contribution >= 4 is 23.7 Å². The Morgan fingerprint density at radius 3 is 1.77 bits per heavy atom. The standard InChI is InChI=1S/C30H31NO4/c1-30(2,3)35-29(33)26(21-25(28(32)34-4)20-22-14-8-5-9-15-22)31-27(23-16-10-6-11-17-23)24-18-12-7-13-19-24/h5-20,26H,21H2,1-4H3/b25-20-/t26-/m0/s1. The van der Waals surface area contributed by atoms with Crippen LogP contribution in [0, 0.1) is 0 Å². The summed E-state index contributed by atoms with van der Waals surface area (Å²) in [7, 11) is 1.33. The highest BCUT2D eigenvalue weighted by molar-refractivity contribution is 6.13. The molecule has 0 saturated heterocycles. The van der Waals surface area contributed by atoms with E-state index in [4.69, 9.17) is 14.5 Å². The number of ether oxygens (including phenoxy) is 2. The molecule has 1 atom stereocenters. The number of carbonyl (C=O) groups excluding carboxylic acids is 2. The van der Waals surface area contributed by atoms with Gasteiger partial charge in [-0.05, 0) is 32.4 Å². The van der Waals surface area contributed by atoms with E-state index in [9.17, 15) is 9.59 Å². The van der Waals surface area contributed by atoms with Crippen molar-refractivity contribution < 1.29 is 19.1 Å². The maximum atomic E-state index is 13.3. The van der Waals surface area contributed by atoms with E-state index in [1.807, 2.05) is 112 Å². The molecule has 3 rings (SSSR count). The highest BCUT2D eigenvalue weighted by Crippen LogP contribution is 2.21. The predicted octanol–water partition coefficient (Wildman–Crippen LogP) is 5.88. The molecule has 0 heterocycles. The first-order valence-corrected chi connectivity index (χ1v) is 11.5. The number of rotatable bonds is 8. The van der Waals surface area contributed by atoms with Gasteiger partial charge in [0.1, 0.15) is 5.60 Å². The van der Waals surface area contributed by atoms with E-state index in [-0.39, 0.29) is 6.42 Å². The summed E-state index contributed by atoms with van der Waals surface area (Å²) in [4.78, 5) is 30.9. The monoisotopic (exact) mass is 469 g/mol. The number of methoxy groups -OCH3 is 1. The molecule has 0 saturated carbocycles. The molecule has 3 aromatic carbocycles. The van der Waals surface area contributed by atoms with Gasteiger partial charge in [-0.2, -0.15) is 0 Å².